The molecule has 0 aliphatic rings. The molecule has 0 N–H and O–H groups in total. The Morgan fingerprint density at radius 2 is 0.471 bits per heavy atom. The van der Waals surface area contributed by atoms with Crippen LogP contribution in [0.25, 0.3) is 229 Å². The second-order valence-electron chi connectivity index (χ2n) is 39.5. The molecule has 686 valence electrons. The van der Waals surface area contributed by atoms with Gasteiger partial charge in [0, 0.05) is 97.1 Å². The minimum absolute atomic E-state index is 0.434. The molecule has 7 nitrogen and oxygen atoms in total. The molecular formula is C133H112O7. The standard InChI is InChI=1S/7C19H16O/c1-12(2)16-11-17-14-8-5-6-10-18(14)20-19(17)15-9-4-3-7-13(15)16;1-12(2)18-14-8-4-3-7-13(14)11-16-15-9-5-6-10-17(15)20-19(16)18;1-12(2)16-11-13-7-3-4-8-14(13)19-18(16)15-9-5-6-10-17(15)20-19;1-12(2)13-7-5-8-15-14(13)10-11-18-19(15)16-6-3-4-9-17(16)20-18;1-12(2)14-8-5-9-17-18(14)16-11-10-13-6-3-4-7-15(13)19(16)20-17;1-12(2)14-8-5-9-16-18(14)19-15-7-4-3-6-13(15)10-11-17(19)20-16;1-12(2)13-7-9-15-14(11-13)8-10-18-19(15)16-5-3-4-6-17(16)20-18/h7*3-12H,1-2H3. The van der Waals surface area contributed by atoms with Gasteiger partial charge in [0.1, 0.15) is 78.2 Å². The Balaban J connectivity index is 0.0000000939. The number of fused-ring (bicyclic) bond motifs is 34. The minimum Gasteiger partial charge on any atom is -0.456 e. The van der Waals surface area contributed by atoms with E-state index in [2.05, 4.69) is 418 Å². The maximum atomic E-state index is 6.16. The van der Waals surface area contributed by atoms with Crippen LogP contribution in [0.5, 0.6) is 0 Å². The molecule has 7 heterocycles. The Morgan fingerprint density at radius 3 is 1.06 bits per heavy atom. The molecule has 7 aromatic heterocycles. The first-order valence-electron chi connectivity index (χ1n) is 49.6. The number of hydrogen-bond acceptors (Lipinski definition) is 7. The summed E-state index contributed by atoms with van der Waals surface area (Å²) < 4.78 is 42.5. The third-order valence-electron chi connectivity index (χ3n) is 28.3. The molecule has 140 heavy (non-hydrogen) atoms. The fourth-order valence-corrected chi connectivity index (χ4v) is 21.4. The predicted octanol–water partition coefficient (Wildman–Crippen LogP) is 41.0. The zero-order valence-electron chi connectivity index (χ0n) is 81.8. The minimum atomic E-state index is 0.434. The van der Waals surface area contributed by atoms with Crippen LogP contribution in [0.2, 0.25) is 0 Å². The average molecular weight is 1820 g/mol. The summed E-state index contributed by atoms with van der Waals surface area (Å²) in [5.41, 5.74) is 23.4. The van der Waals surface area contributed by atoms with Gasteiger partial charge in [-0.25, -0.2) is 0 Å². The van der Waals surface area contributed by atoms with E-state index in [1.165, 1.54) is 190 Å². The van der Waals surface area contributed by atoms with E-state index < -0.39 is 0 Å². The summed E-state index contributed by atoms with van der Waals surface area (Å²) in [6.45, 7) is 31.3. The molecular weight excluding hydrogens is 1710 g/mol. The Bertz CT molecular complexity index is 9560. The van der Waals surface area contributed by atoms with Crippen LogP contribution >= 0.6 is 0 Å². The van der Waals surface area contributed by atoms with Crippen LogP contribution in [0.3, 0.4) is 0 Å². The lowest BCUT2D eigenvalue weighted by atomic mass is 9.93. The van der Waals surface area contributed by atoms with Crippen molar-refractivity contribution < 1.29 is 30.9 Å². The molecule has 0 spiro atoms. The number of furan rings is 7. The topological polar surface area (TPSA) is 92.0 Å². The van der Waals surface area contributed by atoms with Gasteiger partial charge in [-0.05, 0) is 213 Å². The third kappa shape index (κ3) is 16.1. The van der Waals surface area contributed by atoms with Crippen molar-refractivity contribution in [3.05, 3.63) is 421 Å². The highest BCUT2D eigenvalue weighted by atomic mass is 16.4. The second kappa shape index (κ2) is 37.2. The largest absolute Gasteiger partial charge is 0.456 e. The van der Waals surface area contributed by atoms with Gasteiger partial charge in [0.05, 0.1) is 0 Å². The molecule has 28 rings (SSSR count). The molecule has 0 atom stereocenters. The lowest BCUT2D eigenvalue weighted by Gasteiger charge is -2.10. The van der Waals surface area contributed by atoms with Gasteiger partial charge < -0.3 is 30.9 Å². The second-order valence-corrected chi connectivity index (χ2v) is 39.5. The summed E-state index contributed by atoms with van der Waals surface area (Å²) in [6, 6.07) is 134. The van der Waals surface area contributed by atoms with Crippen molar-refractivity contribution in [2.75, 3.05) is 0 Å². The molecule has 0 radical (unpaired) electrons. The van der Waals surface area contributed by atoms with E-state index in [4.69, 9.17) is 30.9 Å². The highest BCUT2D eigenvalue weighted by molar-refractivity contribution is 6.24. The lowest BCUT2D eigenvalue weighted by Crippen LogP contribution is -1.90. The first kappa shape index (κ1) is 89.3. The van der Waals surface area contributed by atoms with Gasteiger partial charge in [-0.1, -0.05) is 400 Å². The highest BCUT2D eigenvalue weighted by Crippen LogP contribution is 2.47. The zero-order valence-corrected chi connectivity index (χ0v) is 81.8. The Labute approximate surface area is 813 Å². The molecule has 21 aromatic carbocycles. The maximum absolute atomic E-state index is 6.16. The number of para-hydroxylation sites is 5. The summed E-state index contributed by atoms with van der Waals surface area (Å²) in [5, 5.41) is 34.9. The van der Waals surface area contributed by atoms with Crippen molar-refractivity contribution in [3.63, 3.8) is 0 Å². The fourth-order valence-electron chi connectivity index (χ4n) is 21.4. The van der Waals surface area contributed by atoms with E-state index >= 15 is 0 Å². The molecule has 0 amide bonds. The summed E-state index contributed by atoms with van der Waals surface area (Å²) in [5.74, 6) is 3.46. The smallest absolute Gasteiger partial charge is 0.143 e. The molecule has 0 saturated carbocycles. The first-order valence-corrected chi connectivity index (χ1v) is 49.6. The van der Waals surface area contributed by atoms with Crippen LogP contribution in [0.15, 0.2) is 413 Å². The quantitative estimate of drug-likeness (QED) is 0.157. The van der Waals surface area contributed by atoms with Gasteiger partial charge in [-0.3, -0.25) is 0 Å². The molecule has 28 aromatic rings. The molecule has 0 aliphatic carbocycles. The van der Waals surface area contributed by atoms with Crippen molar-refractivity contribution in [2.45, 2.75) is 138 Å². The fraction of sp³-hybridized carbons (Fsp3) is 0.158. The average Bonchev–Trinajstić information content (AvgIpc) is 1.61. The van der Waals surface area contributed by atoms with Crippen LogP contribution in [-0.4, -0.2) is 0 Å². The van der Waals surface area contributed by atoms with Crippen LogP contribution in [0.1, 0.15) is 177 Å². The Morgan fingerprint density at radius 1 is 0.136 bits per heavy atom. The van der Waals surface area contributed by atoms with Gasteiger partial charge in [-0.15, -0.1) is 0 Å². The Hall–Kier alpha value is -16.0. The van der Waals surface area contributed by atoms with Crippen molar-refractivity contribution in [2.24, 2.45) is 0 Å². The van der Waals surface area contributed by atoms with Crippen LogP contribution < -0.4 is 0 Å². The van der Waals surface area contributed by atoms with Crippen molar-refractivity contribution in [1.29, 1.82) is 0 Å². The zero-order chi connectivity index (χ0) is 95.8. The van der Waals surface area contributed by atoms with E-state index in [1.807, 2.05) is 60.7 Å². The SMILES string of the molecule is CC(C)c1c2ccccc2cc2c1oc1ccccc12.CC(C)c1cc2c3ccccc3oc2c2ccccc12.CC(C)c1cc2ccccc2c2oc3ccccc3c12.CC(C)c1ccc2c(ccc3oc4ccccc4c32)c1.CC(C)c1cccc2c1ccc1oc3ccccc3c12.CC(C)c1cccc2oc3c4ccccc4ccc3c12.CC(C)c1cccc2oc3ccc4ccccc4c3c12. The van der Waals surface area contributed by atoms with E-state index in [9.17, 15) is 0 Å². The van der Waals surface area contributed by atoms with E-state index in [0.29, 0.717) is 41.4 Å². The summed E-state index contributed by atoms with van der Waals surface area (Å²) in [6.07, 6.45) is 0. The van der Waals surface area contributed by atoms with Gasteiger partial charge in [0.2, 0.25) is 0 Å². The van der Waals surface area contributed by atoms with Gasteiger partial charge in [0.15, 0.2) is 0 Å². The van der Waals surface area contributed by atoms with Crippen LogP contribution in [0.4, 0.5) is 0 Å². The summed E-state index contributed by atoms with van der Waals surface area (Å²) in [7, 11) is 0. The number of benzene rings is 21. The van der Waals surface area contributed by atoms with Crippen molar-refractivity contribution in [1.82, 2.24) is 0 Å². The van der Waals surface area contributed by atoms with E-state index in [0.717, 1.165) is 78.2 Å². The first-order chi connectivity index (χ1) is 68.3. The normalized spacial score (nSPS) is 11.9. The monoisotopic (exact) mass is 1820 g/mol. The molecule has 0 saturated heterocycles. The van der Waals surface area contributed by atoms with Crippen molar-refractivity contribution >= 4 is 229 Å². The lowest BCUT2D eigenvalue weighted by molar-refractivity contribution is 0.658. The molecule has 0 bridgehead atoms. The van der Waals surface area contributed by atoms with E-state index in [-0.39, 0.29) is 0 Å². The molecule has 7 heteroatoms. The number of hydrogen-bond donors (Lipinski definition) is 0. The maximum Gasteiger partial charge on any atom is 0.143 e. The van der Waals surface area contributed by atoms with Gasteiger partial charge in [-0.2, -0.15) is 0 Å². The van der Waals surface area contributed by atoms with Gasteiger partial charge in [0.25, 0.3) is 0 Å². The highest BCUT2D eigenvalue weighted by Gasteiger charge is 2.24. The summed E-state index contributed by atoms with van der Waals surface area (Å²) >= 11 is 0. The molecule has 0 unspecified atom stereocenters. The third-order valence-corrected chi connectivity index (χ3v) is 28.3. The molecule has 0 fully saturated rings. The van der Waals surface area contributed by atoms with Gasteiger partial charge >= 0.3 is 0 Å². The number of rotatable bonds is 7. The Kier molecular flexibility index (Phi) is 23.7. The predicted molar refractivity (Wildman–Crippen MR) is 597 cm³/mol. The molecule has 0 aliphatic heterocycles. The van der Waals surface area contributed by atoms with Crippen LogP contribution in [0, 0.1) is 0 Å². The van der Waals surface area contributed by atoms with E-state index in [1.54, 1.807) is 0 Å². The summed E-state index contributed by atoms with van der Waals surface area (Å²) in [4.78, 5) is 0. The van der Waals surface area contributed by atoms with Crippen LogP contribution in [-0.2, 0) is 0 Å². The van der Waals surface area contributed by atoms with Crippen molar-refractivity contribution in [3.8, 4) is 0 Å².